The smallest absolute Gasteiger partial charge is 0.300 e. The number of aliphatic hydroxyl groups is 1. The maximum absolute atomic E-state index is 13.0. The maximum atomic E-state index is 13.0. The zero-order chi connectivity index (χ0) is 20.8. The quantitative estimate of drug-likeness (QED) is 0.405. The van der Waals surface area contributed by atoms with Crippen LogP contribution in [0.1, 0.15) is 22.9 Å². The lowest BCUT2D eigenvalue weighted by Gasteiger charge is -2.23. The standard InChI is InChI=1S/C23H17NO6/c1-13-4-6-14(7-5-13)21(25)19-20(17-3-2-10-28-17)24(23(27)22(19)26)15-8-9-16-18(11-15)30-12-29-16/h2-11,20,25H,12H2,1H3/b21-19-. The summed E-state index contributed by atoms with van der Waals surface area (Å²) in [6.07, 6.45) is 1.46. The molecule has 1 fully saturated rings. The van der Waals surface area contributed by atoms with E-state index in [-0.39, 0.29) is 18.1 Å². The minimum absolute atomic E-state index is 0.0310. The predicted octanol–water partition coefficient (Wildman–Crippen LogP) is 3.94. The molecule has 30 heavy (non-hydrogen) atoms. The second-order valence-electron chi connectivity index (χ2n) is 7.09. The van der Waals surface area contributed by atoms with E-state index < -0.39 is 17.7 Å². The van der Waals surface area contributed by atoms with Gasteiger partial charge in [0.2, 0.25) is 6.79 Å². The Labute approximate surface area is 171 Å². The topological polar surface area (TPSA) is 89.2 Å². The van der Waals surface area contributed by atoms with E-state index in [0.29, 0.717) is 28.5 Å². The number of Topliss-reactive ketones (excluding diaryl/α,β-unsaturated/α-hetero) is 1. The normalized spacial score (nSPS) is 19.5. The number of hydrogen-bond acceptors (Lipinski definition) is 6. The van der Waals surface area contributed by atoms with Crippen LogP contribution in [-0.2, 0) is 9.59 Å². The van der Waals surface area contributed by atoms with Gasteiger partial charge in [-0.2, -0.15) is 0 Å². The van der Waals surface area contributed by atoms with Crippen molar-refractivity contribution in [3.05, 3.63) is 83.3 Å². The summed E-state index contributed by atoms with van der Waals surface area (Å²) in [4.78, 5) is 27.3. The third kappa shape index (κ3) is 2.75. The number of rotatable bonds is 3. The van der Waals surface area contributed by atoms with Gasteiger partial charge in [0.1, 0.15) is 17.6 Å². The van der Waals surface area contributed by atoms with Crippen molar-refractivity contribution >= 4 is 23.1 Å². The van der Waals surface area contributed by atoms with Gasteiger partial charge in [-0.3, -0.25) is 14.5 Å². The Balaban J connectivity index is 1.68. The molecular formula is C23H17NO6. The molecule has 1 saturated heterocycles. The Hall–Kier alpha value is -4.00. The number of nitrogens with zero attached hydrogens (tertiary/aromatic N) is 1. The molecule has 5 rings (SSSR count). The van der Waals surface area contributed by atoms with Gasteiger partial charge >= 0.3 is 0 Å². The van der Waals surface area contributed by atoms with E-state index in [9.17, 15) is 14.7 Å². The summed E-state index contributed by atoms with van der Waals surface area (Å²) >= 11 is 0. The van der Waals surface area contributed by atoms with Gasteiger partial charge in [-0.05, 0) is 31.2 Å². The number of hydrogen-bond donors (Lipinski definition) is 1. The molecule has 0 radical (unpaired) electrons. The number of ether oxygens (including phenoxy) is 2. The van der Waals surface area contributed by atoms with Crippen molar-refractivity contribution < 1.29 is 28.6 Å². The molecule has 1 atom stereocenters. The lowest BCUT2D eigenvalue weighted by Crippen LogP contribution is -2.29. The predicted molar refractivity (Wildman–Crippen MR) is 107 cm³/mol. The van der Waals surface area contributed by atoms with Gasteiger partial charge in [-0.25, -0.2) is 0 Å². The monoisotopic (exact) mass is 403 g/mol. The number of anilines is 1. The number of carbonyl (C=O) groups is 2. The molecule has 0 bridgehead atoms. The number of aryl methyl sites for hydroxylation is 1. The highest BCUT2D eigenvalue weighted by molar-refractivity contribution is 6.51. The van der Waals surface area contributed by atoms with Crippen molar-refractivity contribution in [1.29, 1.82) is 0 Å². The number of fused-ring (bicyclic) bond motifs is 1. The third-order valence-electron chi connectivity index (χ3n) is 5.22. The van der Waals surface area contributed by atoms with Crippen LogP contribution in [0.2, 0.25) is 0 Å². The Kier molecular flexibility index (Phi) is 4.10. The van der Waals surface area contributed by atoms with Crippen molar-refractivity contribution in [2.45, 2.75) is 13.0 Å². The summed E-state index contributed by atoms with van der Waals surface area (Å²) in [5.41, 5.74) is 1.86. The molecule has 1 N–H and O–H groups in total. The molecule has 0 aliphatic carbocycles. The van der Waals surface area contributed by atoms with Crippen LogP contribution in [0, 0.1) is 6.92 Å². The van der Waals surface area contributed by atoms with Crippen LogP contribution in [0.25, 0.3) is 5.76 Å². The van der Waals surface area contributed by atoms with Gasteiger partial charge in [-0.1, -0.05) is 29.8 Å². The van der Waals surface area contributed by atoms with Gasteiger partial charge in [0.15, 0.2) is 11.5 Å². The van der Waals surface area contributed by atoms with E-state index in [1.54, 1.807) is 42.5 Å². The number of furan rings is 1. The first-order valence-electron chi connectivity index (χ1n) is 9.35. The van der Waals surface area contributed by atoms with Crippen LogP contribution in [0.3, 0.4) is 0 Å². The molecule has 3 aromatic rings. The van der Waals surface area contributed by atoms with E-state index in [0.717, 1.165) is 5.56 Å². The number of aliphatic hydroxyl groups excluding tert-OH is 1. The number of carbonyl (C=O) groups excluding carboxylic acids is 2. The summed E-state index contributed by atoms with van der Waals surface area (Å²) in [6.45, 7) is 2.01. The fourth-order valence-corrected chi connectivity index (χ4v) is 3.72. The molecule has 1 amide bonds. The van der Waals surface area contributed by atoms with Crippen molar-refractivity contribution in [3.63, 3.8) is 0 Å². The second-order valence-corrected chi connectivity index (χ2v) is 7.09. The lowest BCUT2D eigenvalue weighted by molar-refractivity contribution is -0.132. The van der Waals surface area contributed by atoms with Crippen molar-refractivity contribution in [1.82, 2.24) is 0 Å². The molecule has 2 aromatic carbocycles. The molecule has 3 heterocycles. The minimum Gasteiger partial charge on any atom is -0.507 e. The summed E-state index contributed by atoms with van der Waals surface area (Å²) < 4.78 is 16.3. The van der Waals surface area contributed by atoms with Crippen LogP contribution in [-0.4, -0.2) is 23.6 Å². The first kappa shape index (κ1) is 18.1. The van der Waals surface area contributed by atoms with Gasteiger partial charge in [0.05, 0.1) is 11.8 Å². The zero-order valence-electron chi connectivity index (χ0n) is 16.0. The molecule has 2 aliphatic rings. The molecule has 0 saturated carbocycles. The van der Waals surface area contributed by atoms with E-state index >= 15 is 0 Å². The summed E-state index contributed by atoms with van der Waals surface area (Å²) in [6, 6.07) is 14.5. The van der Waals surface area contributed by atoms with Gasteiger partial charge < -0.3 is 19.0 Å². The summed E-state index contributed by atoms with van der Waals surface area (Å²) in [5.74, 6) is -0.398. The molecule has 2 aliphatic heterocycles. The number of ketones is 1. The van der Waals surface area contributed by atoms with Gasteiger partial charge in [0.25, 0.3) is 11.7 Å². The van der Waals surface area contributed by atoms with Crippen molar-refractivity contribution in [2.75, 3.05) is 11.7 Å². The Morgan fingerprint density at radius 3 is 2.53 bits per heavy atom. The van der Waals surface area contributed by atoms with Crippen LogP contribution in [0.4, 0.5) is 5.69 Å². The van der Waals surface area contributed by atoms with Crippen LogP contribution in [0.15, 0.2) is 70.9 Å². The van der Waals surface area contributed by atoms with E-state index in [2.05, 4.69) is 0 Å². The summed E-state index contributed by atoms with van der Waals surface area (Å²) in [7, 11) is 0. The van der Waals surface area contributed by atoms with E-state index in [1.807, 2.05) is 19.1 Å². The average Bonchev–Trinajstić information content (AvgIpc) is 3.48. The highest BCUT2D eigenvalue weighted by Gasteiger charge is 2.48. The average molecular weight is 403 g/mol. The molecule has 7 nitrogen and oxygen atoms in total. The first-order chi connectivity index (χ1) is 14.5. The Morgan fingerprint density at radius 2 is 1.80 bits per heavy atom. The molecule has 150 valence electrons. The number of benzene rings is 2. The van der Waals surface area contributed by atoms with Crippen molar-refractivity contribution in [2.24, 2.45) is 0 Å². The molecule has 0 spiro atoms. The fraction of sp³-hybridized carbons (Fsp3) is 0.130. The molecule has 1 aromatic heterocycles. The fourth-order valence-electron chi connectivity index (χ4n) is 3.72. The first-order valence-corrected chi connectivity index (χ1v) is 9.35. The third-order valence-corrected chi connectivity index (χ3v) is 5.22. The SMILES string of the molecule is Cc1ccc(/C(O)=C2/C(=O)C(=O)N(c3ccc4c(c3)OCO4)C2c2ccco2)cc1. The number of amides is 1. The van der Waals surface area contributed by atoms with Gasteiger partial charge in [0, 0.05) is 17.3 Å². The molecular weight excluding hydrogens is 386 g/mol. The molecule has 7 heteroatoms. The Bertz CT molecular complexity index is 1180. The Morgan fingerprint density at radius 1 is 1.03 bits per heavy atom. The lowest BCUT2D eigenvalue weighted by atomic mass is 9.98. The minimum atomic E-state index is -0.915. The zero-order valence-corrected chi connectivity index (χ0v) is 16.0. The summed E-state index contributed by atoms with van der Waals surface area (Å²) in [5, 5.41) is 11.0. The highest BCUT2D eigenvalue weighted by atomic mass is 16.7. The van der Waals surface area contributed by atoms with Crippen LogP contribution >= 0.6 is 0 Å². The van der Waals surface area contributed by atoms with Crippen LogP contribution in [0.5, 0.6) is 11.5 Å². The maximum Gasteiger partial charge on any atom is 0.300 e. The van der Waals surface area contributed by atoms with Crippen molar-refractivity contribution in [3.8, 4) is 11.5 Å². The van der Waals surface area contributed by atoms with E-state index in [1.165, 1.54) is 11.2 Å². The molecule has 1 unspecified atom stereocenters. The van der Waals surface area contributed by atoms with Crippen LogP contribution < -0.4 is 14.4 Å². The second kappa shape index (κ2) is 6.81. The highest BCUT2D eigenvalue weighted by Crippen LogP contribution is 2.44. The van der Waals surface area contributed by atoms with Gasteiger partial charge in [-0.15, -0.1) is 0 Å². The largest absolute Gasteiger partial charge is 0.507 e. The van der Waals surface area contributed by atoms with E-state index in [4.69, 9.17) is 13.9 Å².